The van der Waals surface area contributed by atoms with Gasteiger partial charge in [-0.05, 0) is 22.8 Å². The number of hydrogen-bond acceptors (Lipinski definition) is 6. The van der Waals surface area contributed by atoms with Crippen LogP contribution in [0.1, 0.15) is 22.3 Å². The number of methoxy groups -OCH3 is 1. The summed E-state index contributed by atoms with van der Waals surface area (Å²) in [5, 5.41) is 1.02. The van der Waals surface area contributed by atoms with E-state index in [4.69, 9.17) is 35.3 Å². The van der Waals surface area contributed by atoms with Crippen LogP contribution in [0.25, 0.3) is 15.7 Å². The molecule has 1 aromatic heterocycles. The van der Waals surface area contributed by atoms with Crippen molar-refractivity contribution in [3.05, 3.63) is 148 Å². The molecule has 0 spiro atoms. The van der Waals surface area contributed by atoms with Gasteiger partial charge in [0.1, 0.15) is 10.4 Å². The summed E-state index contributed by atoms with van der Waals surface area (Å²) >= 11 is 8.47. The van der Waals surface area contributed by atoms with E-state index in [1.54, 1.807) is 13.4 Å². The molecule has 0 bridgehead atoms. The Morgan fingerprint density at radius 1 is 0.744 bits per heavy atom. The van der Waals surface area contributed by atoms with Gasteiger partial charge in [-0.25, -0.2) is 0 Å². The van der Waals surface area contributed by atoms with Crippen molar-refractivity contribution in [2.75, 3.05) is 13.7 Å². The monoisotopic (exact) mass is 612 g/mol. The molecule has 3 atom stereocenters. The van der Waals surface area contributed by atoms with E-state index in [-0.39, 0.29) is 13.2 Å². The van der Waals surface area contributed by atoms with Crippen molar-refractivity contribution in [3.63, 3.8) is 0 Å². The summed E-state index contributed by atoms with van der Waals surface area (Å²) in [5.74, 6) is -1.36. The summed E-state index contributed by atoms with van der Waals surface area (Å²) in [6.45, 7) is 1.25. The second-order valence-electron chi connectivity index (χ2n) is 10.3. The zero-order chi connectivity index (χ0) is 29.5. The Kier molecular flexibility index (Phi) is 9.54. The fourth-order valence-electron chi connectivity index (χ4n) is 5.38. The maximum atomic E-state index is 6.94. The molecule has 5 aromatic rings. The first-order valence-corrected chi connectivity index (χ1v) is 15.4. The van der Waals surface area contributed by atoms with Crippen LogP contribution in [0.2, 0.25) is 4.34 Å². The molecule has 5 nitrogen and oxygen atoms in total. The molecule has 0 saturated carbocycles. The number of hydrogen-bond donors (Lipinski definition) is 0. The Hall–Kier alpha value is -3.49. The highest BCUT2D eigenvalue weighted by molar-refractivity contribution is 7.23. The van der Waals surface area contributed by atoms with E-state index < -0.39 is 18.0 Å². The van der Waals surface area contributed by atoms with Gasteiger partial charge in [-0.15, -0.1) is 11.3 Å². The normalized spacial score (nSPS) is 20.1. The molecule has 0 unspecified atom stereocenters. The Morgan fingerprint density at radius 3 is 1.98 bits per heavy atom. The van der Waals surface area contributed by atoms with Crippen molar-refractivity contribution in [1.29, 1.82) is 0 Å². The molecule has 220 valence electrons. The first kappa shape index (κ1) is 29.6. The Bertz CT molecular complexity index is 1640. The van der Waals surface area contributed by atoms with Crippen molar-refractivity contribution < 1.29 is 23.7 Å². The molecular weight excluding hydrogens is 580 g/mol. The molecule has 0 saturated heterocycles. The third kappa shape index (κ3) is 6.55. The second kappa shape index (κ2) is 13.9. The smallest absolute Gasteiger partial charge is 0.240 e. The minimum Gasteiger partial charge on any atom is -0.489 e. The fraction of sp³-hybridized carbons (Fsp3) is 0.222. The highest BCUT2D eigenvalue weighted by Gasteiger charge is 2.55. The van der Waals surface area contributed by atoms with Crippen LogP contribution < -0.4 is 0 Å². The highest BCUT2D eigenvalue weighted by atomic mass is 35.5. The molecular formula is C36H33ClO5S. The lowest BCUT2D eigenvalue weighted by Crippen LogP contribution is -2.60. The lowest BCUT2D eigenvalue weighted by Gasteiger charge is -2.46. The van der Waals surface area contributed by atoms with Crippen molar-refractivity contribution in [3.8, 4) is 0 Å². The van der Waals surface area contributed by atoms with Crippen LogP contribution in [0.4, 0.5) is 0 Å². The van der Waals surface area contributed by atoms with Crippen molar-refractivity contribution in [2.24, 2.45) is 0 Å². The molecule has 43 heavy (non-hydrogen) atoms. The zero-order valence-corrected chi connectivity index (χ0v) is 25.4. The molecule has 0 radical (unpaired) electrons. The summed E-state index contributed by atoms with van der Waals surface area (Å²) in [7, 11) is 1.63. The van der Waals surface area contributed by atoms with E-state index in [0.29, 0.717) is 17.6 Å². The van der Waals surface area contributed by atoms with Gasteiger partial charge in [-0.1, -0.05) is 121 Å². The quantitative estimate of drug-likeness (QED) is 0.132. The van der Waals surface area contributed by atoms with Crippen LogP contribution >= 0.6 is 22.9 Å². The summed E-state index contributed by atoms with van der Waals surface area (Å²) in [6.07, 6.45) is 0.407. The molecule has 0 aliphatic carbocycles. The summed E-state index contributed by atoms with van der Waals surface area (Å²) in [5.41, 5.74) is 4.71. The molecule has 7 heteroatoms. The minimum atomic E-state index is -1.36. The maximum absolute atomic E-state index is 6.94. The first-order valence-electron chi connectivity index (χ1n) is 14.2. The molecule has 1 aliphatic heterocycles. The minimum absolute atomic E-state index is 0.213. The number of benzene rings is 4. The number of rotatable bonds is 12. The summed E-state index contributed by atoms with van der Waals surface area (Å²) in [4.78, 5) is 0. The first-order chi connectivity index (χ1) is 21.2. The van der Waals surface area contributed by atoms with E-state index in [1.165, 1.54) is 11.3 Å². The number of ether oxygens (including phenoxy) is 5. The van der Waals surface area contributed by atoms with Crippen LogP contribution in [-0.2, 0) is 43.5 Å². The van der Waals surface area contributed by atoms with Gasteiger partial charge >= 0.3 is 0 Å². The second-order valence-corrected chi connectivity index (χ2v) is 12.0. The van der Waals surface area contributed by atoms with Gasteiger partial charge in [0, 0.05) is 28.3 Å². The predicted octanol–water partition coefficient (Wildman–Crippen LogP) is 8.66. The molecule has 6 rings (SSSR count). The lowest BCUT2D eigenvalue weighted by atomic mass is 9.89. The Balaban J connectivity index is 1.40. The van der Waals surface area contributed by atoms with Gasteiger partial charge in [-0.3, -0.25) is 0 Å². The van der Waals surface area contributed by atoms with Gasteiger partial charge in [0.05, 0.1) is 32.7 Å². The van der Waals surface area contributed by atoms with Crippen LogP contribution in [0.5, 0.6) is 0 Å². The Labute approximate surface area is 261 Å². The van der Waals surface area contributed by atoms with Crippen molar-refractivity contribution >= 4 is 38.6 Å². The summed E-state index contributed by atoms with van der Waals surface area (Å²) in [6, 6.07) is 38.3. The molecule has 0 N–H and O–H groups in total. The standard InChI is InChI=1S/C36H33ClO5S/c1-38-36(42-23-28-17-9-4-10-18-28)32(25-39-21-26-13-5-2-6-14-26)40-24-30(34(36)41-22-27-15-7-3-8-16-27)33-29-19-11-12-20-31(29)43-35(33)37/h2-20,24,32,34H,21-23,25H2,1H3/t32-,34-,36-/m1/s1. The Morgan fingerprint density at radius 2 is 1.33 bits per heavy atom. The molecule has 4 aromatic carbocycles. The predicted molar refractivity (Wildman–Crippen MR) is 172 cm³/mol. The van der Waals surface area contributed by atoms with Crippen LogP contribution in [-0.4, -0.2) is 31.7 Å². The van der Waals surface area contributed by atoms with E-state index >= 15 is 0 Å². The van der Waals surface area contributed by atoms with Crippen LogP contribution in [0.15, 0.2) is 122 Å². The van der Waals surface area contributed by atoms with Gasteiger partial charge in [-0.2, -0.15) is 0 Å². The third-order valence-corrected chi connectivity index (χ3v) is 8.94. The molecule has 0 amide bonds. The van der Waals surface area contributed by atoms with E-state index in [0.717, 1.165) is 37.9 Å². The van der Waals surface area contributed by atoms with Gasteiger partial charge in [0.25, 0.3) is 0 Å². The molecule has 2 heterocycles. The van der Waals surface area contributed by atoms with Gasteiger partial charge in [0.2, 0.25) is 5.79 Å². The highest BCUT2D eigenvalue weighted by Crippen LogP contribution is 2.47. The number of halogens is 1. The SMILES string of the molecule is CO[C@]1(OCc2ccccc2)[C@H](OCc2ccccc2)C(c2c(Cl)sc3ccccc23)=CO[C@@H]1COCc1ccccc1. The maximum Gasteiger partial charge on any atom is 0.240 e. The summed E-state index contributed by atoms with van der Waals surface area (Å²) < 4.78 is 34.3. The fourth-order valence-corrected chi connectivity index (χ4v) is 6.79. The van der Waals surface area contributed by atoms with E-state index in [9.17, 15) is 0 Å². The van der Waals surface area contributed by atoms with E-state index in [1.807, 2.05) is 103 Å². The third-order valence-electron chi connectivity index (χ3n) is 7.56. The van der Waals surface area contributed by atoms with Gasteiger partial charge < -0.3 is 23.7 Å². The van der Waals surface area contributed by atoms with Crippen LogP contribution in [0.3, 0.4) is 0 Å². The number of thiophene rings is 1. The topological polar surface area (TPSA) is 46.2 Å². The van der Waals surface area contributed by atoms with E-state index in [2.05, 4.69) is 12.1 Å². The lowest BCUT2D eigenvalue weighted by molar-refractivity contribution is -0.326. The average molecular weight is 613 g/mol. The van der Waals surface area contributed by atoms with Gasteiger partial charge in [0.15, 0.2) is 6.10 Å². The molecule has 1 aliphatic rings. The zero-order valence-electron chi connectivity index (χ0n) is 23.9. The number of fused-ring (bicyclic) bond motifs is 1. The molecule has 0 fully saturated rings. The average Bonchev–Trinajstić information content (AvgIpc) is 3.40. The largest absolute Gasteiger partial charge is 0.489 e. The van der Waals surface area contributed by atoms with Crippen molar-refractivity contribution in [1.82, 2.24) is 0 Å². The van der Waals surface area contributed by atoms with Crippen molar-refractivity contribution in [2.45, 2.75) is 37.8 Å². The van der Waals surface area contributed by atoms with Crippen LogP contribution in [0, 0.1) is 0 Å².